The summed E-state index contributed by atoms with van der Waals surface area (Å²) in [6.07, 6.45) is 5.75. The Morgan fingerprint density at radius 1 is 1.32 bits per heavy atom. The highest BCUT2D eigenvalue weighted by Crippen LogP contribution is 2.37. The van der Waals surface area contributed by atoms with Gasteiger partial charge in [0.15, 0.2) is 0 Å². The Morgan fingerprint density at radius 2 is 2.16 bits per heavy atom. The van der Waals surface area contributed by atoms with Gasteiger partial charge in [-0.25, -0.2) is 0 Å². The van der Waals surface area contributed by atoms with Crippen molar-refractivity contribution >= 4 is 22.4 Å². The average Bonchev–Trinajstić information content (AvgIpc) is 2.93. The second-order valence-corrected chi connectivity index (χ2v) is 6.41. The molecule has 0 saturated carbocycles. The van der Waals surface area contributed by atoms with Gasteiger partial charge in [0.25, 0.3) is 0 Å². The molecule has 1 aromatic rings. The molecule has 2 aliphatic heterocycles. The van der Waals surface area contributed by atoms with Gasteiger partial charge in [0.05, 0.1) is 5.54 Å². The van der Waals surface area contributed by atoms with Gasteiger partial charge in [-0.05, 0) is 32.1 Å². The van der Waals surface area contributed by atoms with Crippen LogP contribution in [-0.4, -0.2) is 46.2 Å². The van der Waals surface area contributed by atoms with Crippen LogP contribution in [0.15, 0.2) is 5.51 Å². The normalized spacial score (nSPS) is 27.8. The molecule has 6 heteroatoms. The molecule has 2 saturated heterocycles. The maximum Gasteiger partial charge on any atom is 0.219 e. The molecule has 5 nitrogen and oxygen atoms in total. The van der Waals surface area contributed by atoms with Crippen LogP contribution in [0.5, 0.6) is 0 Å². The third-order valence-electron chi connectivity index (χ3n) is 4.40. The first-order valence-corrected chi connectivity index (χ1v) is 7.89. The number of carbonyl (C=O) groups excluding carboxylic acids is 1. The number of amides is 1. The van der Waals surface area contributed by atoms with Crippen molar-refractivity contribution < 1.29 is 4.79 Å². The summed E-state index contributed by atoms with van der Waals surface area (Å²) < 4.78 is 0. The highest BCUT2D eigenvalue weighted by atomic mass is 32.1. The number of likely N-dealkylation sites (tertiary alicyclic amines) is 1. The molecule has 1 aromatic heterocycles. The molecule has 0 N–H and O–H groups in total. The van der Waals surface area contributed by atoms with Crippen molar-refractivity contribution in [3.8, 4) is 0 Å². The van der Waals surface area contributed by atoms with Crippen molar-refractivity contribution in [2.45, 2.75) is 44.6 Å². The second-order valence-electron chi connectivity index (χ2n) is 5.60. The van der Waals surface area contributed by atoms with Crippen molar-refractivity contribution in [2.75, 3.05) is 24.5 Å². The molecule has 0 unspecified atom stereocenters. The van der Waals surface area contributed by atoms with Crippen molar-refractivity contribution in [3.63, 3.8) is 0 Å². The number of carbonyl (C=O) groups is 1. The van der Waals surface area contributed by atoms with E-state index in [1.807, 2.05) is 0 Å². The summed E-state index contributed by atoms with van der Waals surface area (Å²) >= 11 is 1.59. The van der Waals surface area contributed by atoms with Gasteiger partial charge in [0.1, 0.15) is 5.51 Å². The number of aromatic nitrogens is 2. The highest BCUT2D eigenvalue weighted by Gasteiger charge is 2.43. The summed E-state index contributed by atoms with van der Waals surface area (Å²) in [7, 11) is 0. The van der Waals surface area contributed by atoms with Crippen LogP contribution in [0, 0.1) is 0 Å². The summed E-state index contributed by atoms with van der Waals surface area (Å²) in [6, 6.07) is 0. The van der Waals surface area contributed by atoms with E-state index >= 15 is 0 Å². The van der Waals surface area contributed by atoms with E-state index in [0.29, 0.717) is 0 Å². The number of nitrogens with zero attached hydrogens (tertiary/aromatic N) is 4. The van der Waals surface area contributed by atoms with E-state index in [4.69, 9.17) is 0 Å². The van der Waals surface area contributed by atoms with E-state index in [9.17, 15) is 4.79 Å². The Kier molecular flexibility index (Phi) is 3.43. The SMILES string of the molecule is CC(=O)N1CCCC[C@@]12CCCN(c1nncs1)C2. The fraction of sp³-hybridized carbons (Fsp3) is 0.769. The largest absolute Gasteiger partial charge is 0.344 e. The van der Waals surface area contributed by atoms with Crippen LogP contribution in [0.1, 0.15) is 39.0 Å². The van der Waals surface area contributed by atoms with E-state index in [2.05, 4.69) is 20.0 Å². The minimum atomic E-state index is 0.0357. The molecule has 0 bridgehead atoms. The molecule has 1 spiro atoms. The van der Waals surface area contributed by atoms with Crippen LogP contribution in [-0.2, 0) is 4.79 Å². The van der Waals surface area contributed by atoms with Gasteiger partial charge in [-0.15, -0.1) is 10.2 Å². The fourth-order valence-electron chi connectivity index (χ4n) is 3.59. The van der Waals surface area contributed by atoms with E-state index < -0.39 is 0 Å². The third kappa shape index (κ3) is 2.33. The zero-order valence-corrected chi connectivity index (χ0v) is 12.2. The monoisotopic (exact) mass is 280 g/mol. The van der Waals surface area contributed by atoms with E-state index in [0.717, 1.165) is 50.4 Å². The number of hydrogen-bond donors (Lipinski definition) is 0. The van der Waals surface area contributed by atoms with Crippen LogP contribution >= 0.6 is 11.3 Å². The van der Waals surface area contributed by atoms with Gasteiger partial charge in [-0.1, -0.05) is 11.3 Å². The van der Waals surface area contributed by atoms with Gasteiger partial charge in [-0.2, -0.15) is 0 Å². The molecule has 2 fully saturated rings. The lowest BCUT2D eigenvalue weighted by molar-refractivity contribution is -0.138. The summed E-state index contributed by atoms with van der Waals surface area (Å²) in [5.41, 5.74) is 1.81. The van der Waals surface area contributed by atoms with Gasteiger partial charge >= 0.3 is 0 Å². The van der Waals surface area contributed by atoms with Crippen LogP contribution < -0.4 is 4.90 Å². The molecule has 104 valence electrons. The summed E-state index contributed by atoms with van der Waals surface area (Å²) in [5, 5.41) is 9.10. The molecule has 3 heterocycles. The zero-order valence-electron chi connectivity index (χ0n) is 11.3. The van der Waals surface area contributed by atoms with Crippen molar-refractivity contribution in [3.05, 3.63) is 5.51 Å². The average molecular weight is 280 g/mol. The molecule has 19 heavy (non-hydrogen) atoms. The Morgan fingerprint density at radius 3 is 2.89 bits per heavy atom. The first-order chi connectivity index (χ1) is 9.21. The first-order valence-electron chi connectivity index (χ1n) is 7.01. The smallest absolute Gasteiger partial charge is 0.219 e. The van der Waals surface area contributed by atoms with Crippen molar-refractivity contribution in [1.29, 1.82) is 0 Å². The van der Waals surface area contributed by atoms with Crippen LogP contribution in [0.25, 0.3) is 0 Å². The molecule has 2 aliphatic rings. The topological polar surface area (TPSA) is 49.3 Å². The van der Waals surface area contributed by atoms with E-state index in [1.54, 1.807) is 23.8 Å². The van der Waals surface area contributed by atoms with Gasteiger partial charge < -0.3 is 9.80 Å². The lowest BCUT2D eigenvalue weighted by Crippen LogP contribution is -2.62. The van der Waals surface area contributed by atoms with E-state index in [-0.39, 0.29) is 11.4 Å². The highest BCUT2D eigenvalue weighted by molar-refractivity contribution is 7.13. The number of piperidine rings is 2. The second kappa shape index (κ2) is 5.07. The molecule has 1 amide bonds. The maximum absolute atomic E-state index is 11.9. The maximum atomic E-state index is 11.9. The van der Waals surface area contributed by atoms with Crippen LogP contribution in [0.3, 0.4) is 0 Å². The Hall–Kier alpha value is -1.17. The minimum Gasteiger partial charge on any atom is -0.344 e. The Balaban J connectivity index is 1.83. The van der Waals surface area contributed by atoms with Gasteiger partial charge in [0.2, 0.25) is 11.0 Å². The number of rotatable bonds is 1. The summed E-state index contributed by atoms with van der Waals surface area (Å²) in [4.78, 5) is 16.4. The standard InChI is InChI=1S/C13H20N4OS/c1-11(18)17-8-3-2-5-13(17)6-4-7-16(9-13)12-15-14-10-19-12/h10H,2-9H2,1H3/t13-/m0/s1. The van der Waals surface area contributed by atoms with Crippen molar-refractivity contribution in [1.82, 2.24) is 15.1 Å². The predicted octanol–water partition coefficient (Wildman–Crippen LogP) is 1.91. The molecule has 1 atom stereocenters. The Bertz CT molecular complexity index is 446. The predicted molar refractivity (Wildman–Crippen MR) is 75.3 cm³/mol. The van der Waals surface area contributed by atoms with E-state index in [1.165, 1.54) is 6.42 Å². The van der Waals surface area contributed by atoms with Crippen LogP contribution in [0.4, 0.5) is 5.13 Å². The number of anilines is 1. The van der Waals surface area contributed by atoms with Crippen LogP contribution in [0.2, 0.25) is 0 Å². The van der Waals surface area contributed by atoms with Gasteiger partial charge in [-0.3, -0.25) is 4.79 Å². The molecule has 3 rings (SSSR count). The lowest BCUT2D eigenvalue weighted by atomic mass is 9.80. The Labute approximate surface area is 117 Å². The molecular formula is C13H20N4OS. The first kappa shape index (κ1) is 12.8. The minimum absolute atomic E-state index is 0.0357. The third-order valence-corrected chi connectivity index (χ3v) is 5.15. The van der Waals surface area contributed by atoms with Gasteiger partial charge in [0, 0.05) is 26.6 Å². The fourth-order valence-corrected chi connectivity index (χ4v) is 4.18. The summed E-state index contributed by atoms with van der Waals surface area (Å²) in [6.45, 7) is 4.57. The molecule has 0 radical (unpaired) electrons. The zero-order chi connectivity index (χ0) is 13.3. The molecule has 0 aliphatic carbocycles. The lowest BCUT2D eigenvalue weighted by Gasteiger charge is -2.52. The molecular weight excluding hydrogens is 260 g/mol. The quantitative estimate of drug-likeness (QED) is 0.788. The summed E-state index contributed by atoms with van der Waals surface area (Å²) in [5.74, 6) is 0.221. The number of hydrogen-bond acceptors (Lipinski definition) is 5. The van der Waals surface area contributed by atoms with Crippen molar-refractivity contribution in [2.24, 2.45) is 0 Å². The molecule has 0 aromatic carbocycles.